The zero-order valence-corrected chi connectivity index (χ0v) is 12.2. The average Bonchev–Trinajstić information content (AvgIpc) is 2.39. The second-order valence-corrected chi connectivity index (χ2v) is 4.84. The van der Waals surface area contributed by atoms with Crippen LogP contribution in [0, 0.1) is 18.8 Å². The Morgan fingerprint density at radius 2 is 2.15 bits per heavy atom. The van der Waals surface area contributed by atoms with Gasteiger partial charge in [-0.05, 0) is 31.5 Å². The summed E-state index contributed by atoms with van der Waals surface area (Å²) in [6.07, 6.45) is -0.141. The van der Waals surface area contributed by atoms with Crippen LogP contribution in [0.5, 0.6) is 0 Å². The van der Waals surface area contributed by atoms with E-state index in [0.29, 0.717) is 12.0 Å². The fraction of sp³-hybridized carbons (Fsp3) is 0.438. The number of aliphatic hydroxyl groups excluding tert-OH is 2. The van der Waals surface area contributed by atoms with Gasteiger partial charge in [0.2, 0.25) is 0 Å². The normalized spacial score (nSPS) is 11.4. The van der Waals surface area contributed by atoms with E-state index < -0.39 is 6.10 Å². The monoisotopic (exact) mass is 275 g/mol. The summed E-state index contributed by atoms with van der Waals surface area (Å²) in [5.74, 6) is 5.67. The van der Waals surface area contributed by atoms with E-state index in [1.54, 1.807) is 26.1 Å². The Bertz CT molecular complexity index is 526. The van der Waals surface area contributed by atoms with E-state index in [1.165, 1.54) is 4.90 Å². The summed E-state index contributed by atoms with van der Waals surface area (Å²) in [5.41, 5.74) is 2.33. The summed E-state index contributed by atoms with van der Waals surface area (Å²) < 4.78 is 0. The standard InChI is InChI=1S/C16H21NO3/c1-12-7-8-15(10-14(12)6-4-5-9-18)16(20)17(3)11-13(2)19/h7-8,10,13,18-19H,5,9,11H2,1-3H3. The number of hydrogen-bond acceptors (Lipinski definition) is 3. The van der Waals surface area contributed by atoms with Crippen molar-refractivity contribution < 1.29 is 15.0 Å². The van der Waals surface area contributed by atoms with Crippen LogP contribution in [0.15, 0.2) is 18.2 Å². The highest BCUT2D eigenvalue weighted by molar-refractivity contribution is 5.94. The molecule has 0 saturated heterocycles. The van der Waals surface area contributed by atoms with Gasteiger partial charge in [-0.2, -0.15) is 0 Å². The number of carbonyl (C=O) groups is 1. The van der Waals surface area contributed by atoms with Crippen molar-refractivity contribution in [2.75, 3.05) is 20.2 Å². The molecular formula is C16H21NO3. The molecule has 0 saturated carbocycles. The first kappa shape index (κ1) is 16.2. The van der Waals surface area contributed by atoms with Crippen molar-refractivity contribution >= 4 is 5.91 Å². The van der Waals surface area contributed by atoms with E-state index in [0.717, 1.165) is 11.1 Å². The third-order valence-electron chi connectivity index (χ3n) is 2.83. The minimum absolute atomic E-state index is 0.0296. The molecule has 0 fully saturated rings. The maximum Gasteiger partial charge on any atom is 0.253 e. The van der Waals surface area contributed by atoms with E-state index in [2.05, 4.69) is 11.8 Å². The number of carbonyl (C=O) groups excluding carboxylic acids is 1. The molecule has 1 aromatic rings. The number of aryl methyl sites for hydroxylation is 1. The molecule has 0 heterocycles. The summed E-state index contributed by atoms with van der Waals surface area (Å²) in [7, 11) is 1.66. The van der Waals surface area contributed by atoms with Crippen molar-refractivity contribution in [1.82, 2.24) is 4.90 Å². The fourth-order valence-electron chi connectivity index (χ4n) is 1.80. The second kappa shape index (κ2) is 7.68. The molecule has 0 aliphatic carbocycles. The number of amides is 1. The molecule has 0 radical (unpaired) electrons. The summed E-state index contributed by atoms with van der Waals surface area (Å²) in [4.78, 5) is 13.7. The van der Waals surface area contributed by atoms with E-state index >= 15 is 0 Å². The molecule has 0 aromatic heterocycles. The smallest absolute Gasteiger partial charge is 0.253 e. The summed E-state index contributed by atoms with van der Waals surface area (Å²) in [5, 5.41) is 18.0. The molecule has 1 atom stereocenters. The van der Waals surface area contributed by atoms with Crippen molar-refractivity contribution in [3.8, 4) is 11.8 Å². The lowest BCUT2D eigenvalue weighted by molar-refractivity contribution is 0.0703. The molecule has 108 valence electrons. The van der Waals surface area contributed by atoms with Crippen molar-refractivity contribution in [2.45, 2.75) is 26.4 Å². The van der Waals surface area contributed by atoms with Gasteiger partial charge in [-0.3, -0.25) is 4.79 Å². The number of rotatable bonds is 4. The van der Waals surface area contributed by atoms with Crippen LogP contribution in [-0.4, -0.2) is 47.3 Å². The Balaban J connectivity index is 2.95. The van der Waals surface area contributed by atoms with Gasteiger partial charge in [-0.15, -0.1) is 0 Å². The predicted molar refractivity (Wildman–Crippen MR) is 78.4 cm³/mol. The number of aliphatic hydroxyl groups is 2. The largest absolute Gasteiger partial charge is 0.395 e. The summed E-state index contributed by atoms with van der Waals surface area (Å²) in [6.45, 7) is 3.89. The SMILES string of the molecule is Cc1ccc(C(=O)N(C)CC(C)O)cc1C#CCCO. The first-order valence-electron chi connectivity index (χ1n) is 6.59. The lowest BCUT2D eigenvalue weighted by atomic mass is 10.0. The molecule has 4 heteroatoms. The Kier molecular flexibility index (Phi) is 6.23. The lowest BCUT2D eigenvalue weighted by Gasteiger charge is -2.19. The maximum atomic E-state index is 12.2. The molecular weight excluding hydrogens is 254 g/mol. The summed E-state index contributed by atoms with van der Waals surface area (Å²) >= 11 is 0. The van der Waals surface area contributed by atoms with Crippen LogP contribution in [-0.2, 0) is 0 Å². The molecule has 1 aromatic carbocycles. The number of benzene rings is 1. The Hall–Kier alpha value is -1.83. The van der Waals surface area contributed by atoms with Gasteiger partial charge in [0.25, 0.3) is 5.91 Å². The third-order valence-corrected chi connectivity index (χ3v) is 2.83. The fourth-order valence-corrected chi connectivity index (χ4v) is 1.80. The van der Waals surface area contributed by atoms with E-state index in [9.17, 15) is 9.90 Å². The lowest BCUT2D eigenvalue weighted by Crippen LogP contribution is -2.33. The number of nitrogens with zero attached hydrogens (tertiary/aromatic N) is 1. The second-order valence-electron chi connectivity index (χ2n) is 4.84. The van der Waals surface area contributed by atoms with Gasteiger partial charge in [0.05, 0.1) is 12.7 Å². The predicted octanol–water partition coefficient (Wildman–Crippen LogP) is 1.18. The van der Waals surface area contributed by atoms with Crippen molar-refractivity contribution in [3.05, 3.63) is 34.9 Å². The van der Waals surface area contributed by atoms with Crippen LogP contribution in [0.2, 0.25) is 0 Å². The molecule has 0 aliphatic heterocycles. The van der Waals surface area contributed by atoms with Crippen LogP contribution in [0.4, 0.5) is 0 Å². The molecule has 1 rings (SSSR count). The highest BCUT2D eigenvalue weighted by Crippen LogP contribution is 2.12. The van der Waals surface area contributed by atoms with Gasteiger partial charge < -0.3 is 15.1 Å². The molecule has 1 unspecified atom stereocenters. The van der Waals surface area contributed by atoms with Gasteiger partial charge in [0, 0.05) is 31.1 Å². The van der Waals surface area contributed by atoms with Crippen molar-refractivity contribution in [3.63, 3.8) is 0 Å². The van der Waals surface area contributed by atoms with Crippen LogP contribution in [0.3, 0.4) is 0 Å². The highest BCUT2D eigenvalue weighted by atomic mass is 16.3. The maximum absolute atomic E-state index is 12.2. The van der Waals surface area contributed by atoms with Gasteiger partial charge in [-0.1, -0.05) is 17.9 Å². The summed E-state index contributed by atoms with van der Waals surface area (Å²) in [6, 6.07) is 5.36. The van der Waals surface area contributed by atoms with Gasteiger partial charge in [0.15, 0.2) is 0 Å². The van der Waals surface area contributed by atoms with Crippen LogP contribution >= 0.6 is 0 Å². The van der Waals surface area contributed by atoms with Gasteiger partial charge in [0.1, 0.15) is 0 Å². The molecule has 0 spiro atoms. The van der Waals surface area contributed by atoms with E-state index in [4.69, 9.17) is 5.11 Å². The van der Waals surface area contributed by atoms with Crippen LogP contribution in [0.25, 0.3) is 0 Å². The molecule has 0 bridgehead atoms. The minimum atomic E-state index is -0.557. The Morgan fingerprint density at radius 3 is 2.75 bits per heavy atom. The molecule has 1 amide bonds. The molecule has 20 heavy (non-hydrogen) atoms. The minimum Gasteiger partial charge on any atom is -0.395 e. The van der Waals surface area contributed by atoms with Gasteiger partial charge in [-0.25, -0.2) is 0 Å². The topological polar surface area (TPSA) is 60.8 Å². The first-order chi connectivity index (χ1) is 9.45. The van der Waals surface area contributed by atoms with Gasteiger partial charge >= 0.3 is 0 Å². The average molecular weight is 275 g/mol. The third kappa shape index (κ3) is 4.69. The Morgan fingerprint density at radius 1 is 1.45 bits per heavy atom. The number of likely N-dealkylation sites (N-methyl/N-ethyl adjacent to an activating group) is 1. The molecule has 4 nitrogen and oxygen atoms in total. The van der Waals surface area contributed by atoms with Crippen molar-refractivity contribution in [1.29, 1.82) is 0 Å². The number of hydrogen-bond donors (Lipinski definition) is 2. The van der Waals surface area contributed by atoms with E-state index in [-0.39, 0.29) is 19.1 Å². The highest BCUT2D eigenvalue weighted by Gasteiger charge is 2.14. The van der Waals surface area contributed by atoms with Crippen LogP contribution in [0.1, 0.15) is 34.8 Å². The van der Waals surface area contributed by atoms with E-state index in [1.807, 2.05) is 13.0 Å². The van der Waals surface area contributed by atoms with Crippen molar-refractivity contribution in [2.24, 2.45) is 0 Å². The molecule has 2 N–H and O–H groups in total. The molecule has 0 aliphatic rings. The zero-order chi connectivity index (χ0) is 15.1. The Labute approximate surface area is 120 Å². The van der Waals surface area contributed by atoms with Crippen LogP contribution < -0.4 is 0 Å². The zero-order valence-electron chi connectivity index (χ0n) is 12.2. The quantitative estimate of drug-likeness (QED) is 0.811. The first-order valence-corrected chi connectivity index (χ1v) is 6.59.